The van der Waals surface area contributed by atoms with Gasteiger partial charge in [-0.1, -0.05) is 36.4 Å². The van der Waals surface area contributed by atoms with Crippen molar-refractivity contribution in [1.82, 2.24) is 5.32 Å². The summed E-state index contributed by atoms with van der Waals surface area (Å²) in [4.78, 5) is 22.4. The Morgan fingerprint density at radius 2 is 2.00 bits per heavy atom. The van der Waals surface area contributed by atoms with Crippen molar-refractivity contribution in [1.29, 1.82) is 0 Å². The van der Waals surface area contributed by atoms with Crippen LogP contribution in [0.4, 0.5) is 0 Å². The van der Waals surface area contributed by atoms with Crippen LogP contribution in [0.5, 0.6) is 0 Å². The van der Waals surface area contributed by atoms with E-state index in [1.807, 2.05) is 30.3 Å². The molecule has 1 aromatic rings. The molecule has 1 aliphatic rings. The number of primary amides is 1. The summed E-state index contributed by atoms with van der Waals surface area (Å²) in [5.41, 5.74) is 6.15. The number of carbonyl (C=O) groups is 2. The van der Waals surface area contributed by atoms with Crippen LogP contribution in [0, 0.1) is 0 Å². The zero-order valence-electron chi connectivity index (χ0n) is 8.64. The third kappa shape index (κ3) is 1.95. The van der Waals surface area contributed by atoms with Gasteiger partial charge in [-0.2, -0.15) is 0 Å². The molecule has 0 aliphatic carbocycles. The van der Waals surface area contributed by atoms with Crippen molar-refractivity contribution in [2.75, 3.05) is 0 Å². The third-order valence-electron chi connectivity index (χ3n) is 2.58. The maximum Gasteiger partial charge on any atom is 0.257 e. The highest BCUT2D eigenvalue weighted by Gasteiger charge is 2.24. The molecule has 0 fully saturated rings. The molecule has 1 atom stereocenters. The lowest BCUT2D eigenvalue weighted by molar-refractivity contribution is -0.123. The summed E-state index contributed by atoms with van der Waals surface area (Å²) in [6.07, 6.45) is 2.19. The molecule has 2 rings (SSSR count). The first-order chi connectivity index (χ1) is 7.68. The van der Waals surface area contributed by atoms with E-state index in [2.05, 4.69) is 5.32 Å². The highest BCUT2D eigenvalue weighted by molar-refractivity contribution is 6.18. The monoisotopic (exact) mass is 216 g/mol. The standard InChI is InChI=1S/C12H12N2O2/c13-11(15)9-6-7-10(14-12(9)16)8-4-2-1-3-5-8/h1-6,10H,7H2,(H2,13,15)(H,14,16). The number of amides is 2. The summed E-state index contributed by atoms with van der Waals surface area (Å²) in [6.45, 7) is 0. The smallest absolute Gasteiger partial charge is 0.257 e. The van der Waals surface area contributed by atoms with Crippen LogP contribution in [0.3, 0.4) is 0 Å². The van der Waals surface area contributed by atoms with Gasteiger partial charge >= 0.3 is 0 Å². The average Bonchev–Trinajstić information content (AvgIpc) is 2.29. The van der Waals surface area contributed by atoms with E-state index < -0.39 is 11.8 Å². The molecule has 3 N–H and O–H groups in total. The Morgan fingerprint density at radius 3 is 2.56 bits per heavy atom. The molecule has 1 aromatic carbocycles. The van der Waals surface area contributed by atoms with Crippen molar-refractivity contribution in [3.05, 3.63) is 47.5 Å². The van der Waals surface area contributed by atoms with E-state index in [4.69, 9.17) is 5.73 Å². The number of benzene rings is 1. The molecular weight excluding hydrogens is 204 g/mol. The van der Waals surface area contributed by atoms with Crippen molar-refractivity contribution in [2.24, 2.45) is 5.73 Å². The van der Waals surface area contributed by atoms with Crippen LogP contribution in [0.25, 0.3) is 0 Å². The Balaban J connectivity index is 2.20. The highest BCUT2D eigenvalue weighted by Crippen LogP contribution is 2.21. The molecular formula is C12H12N2O2. The van der Waals surface area contributed by atoms with E-state index in [0.29, 0.717) is 6.42 Å². The minimum absolute atomic E-state index is 0.0483. The molecule has 0 bridgehead atoms. The first-order valence-corrected chi connectivity index (χ1v) is 5.04. The van der Waals surface area contributed by atoms with Gasteiger partial charge in [0.25, 0.3) is 11.8 Å². The Morgan fingerprint density at radius 1 is 1.31 bits per heavy atom. The van der Waals surface area contributed by atoms with Gasteiger partial charge in [0.1, 0.15) is 0 Å². The number of hydrogen-bond donors (Lipinski definition) is 2. The second kappa shape index (κ2) is 4.18. The lowest BCUT2D eigenvalue weighted by Crippen LogP contribution is -2.37. The van der Waals surface area contributed by atoms with Gasteiger partial charge in [0.2, 0.25) is 0 Å². The van der Waals surface area contributed by atoms with Gasteiger partial charge in [-0.3, -0.25) is 9.59 Å². The molecule has 0 spiro atoms. The summed E-state index contributed by atoms with van der Waals surface area (Å²) < 4.78 is 0. The zero-order chi connectivity index (χ0) is 11.5. The van der Waals surface area contributed by atoms with Gasteiger partial charge in [0.15, 0.2) is 0 Å². The van der Waals surface area contributed by atoms with Crippen molar-refractivity contribution >= 4 is 11.8 Å². The summed E-state index contributed by atoms with van der Waals surface area (Å²) >= 11 is 0. The van der Waals surface area contributed by atoms with Gasteiger partial charge in [-0.25, -0.2) is 0 Å². The fourth-order valence-electron chi connectivity index (χ4n) is 1.74. The Kier molecular flexibility index (Phi) is 2.72. The van der Waals surface area contributed by atoms with E-state index in [9.17, 15) is 9.59 Å². The number of nitrogens with one attached hydrogen (secondary N) is 1. The number of carbonyl (C=O) groups excluding carboxylic acids is 2. The number of nitrogens with two attached hydrogens (primary N) is 1. The predicted molar refractivity (Wildman–Crippen MR) is 59.2 cm³/mol. The molecule has 2 amide bonds. The van der Waals surface area contributed by atoms with Crippen molar-refractivity contribution in [2.45, 2.75) is 12.5 Å². The molecule has 1 heterocycles. The maximum absolute atomic E-state index is 11.5. The van der Waals surface area contributed by atoms with Crippen LogP contribution in [0.1, 0.15) is 18.0 Å². The molecule has 4 nitrogen and oxygen atoms in total. The molecule has 4 heteroatoms. The van der Waals surface area contributed by atoms with Crippen LogP contribution in [0.15, 0.2) is 42.0 Å². The van der Waals surface area contributed by atoms with E-state index in [-0.39, 0.29) is 11.6 Å². The summed E-state index contributed by atoms with van der Waals surface area (Å²) in [5.74, 6) is -1.07. The molecule has 82 valence electrons. The topological polar surface area (TPSA) is 72.2 Å². The Hall–Kier alpha value is -2.10. The van der Waals surface area contributed by atoms with Gasteiger partial charge < -0.3 is 11.1 Å². The second-order valence-corrected chi connectivity index (χ2v) is 3.65. The molecule has 1 unspecified atom stereocenters. The molecule has 16 heavy (non-hydrogen) atoms. The highest BCUT2D eigenvalue weighted by atomic mass is 16.2. The average molecular weight is 216 g/mol. The molecule has 0 saturated heterocycles. The van der Waals surface area contributed by atoms with E-state index in [0.717, 1.165) is 5.56 Å². The van der Waals surface area contributed by atoms with Crippen molar-refractivity contribution < 1.29 is 9.59 Å². The van der Waals surface area contributed by atoms with Crippen LogP contribution < -0.4 is 11.1 Å². The van der Waals surface area contributed by atoms with Crippen LogP contribution in [0.2, 0.25) is 0 Å². The molecule has 0 aromatic heterocycles. The summed E-state index contributed by atoms with van der Waals surface area (Å²) in [6, 6.07) is 9.54. The quantitative estimate of drug-likeness (QED) is 0.713. The van der Waals surface area contributed by atoms with Crippen LogP contribution in [-0.4, -0.2) is 11.8 Å². The van der Waals surface area contributed by atoms with E-state index in [1.165, 1.54) is 0 Å². The minimum Gasteiger partial charge on any atom is -0.365 e. The lowest BCUT2D eigenvalue weighted by atomic mass is 9.98. The SMILES string of the molecule is NC(=O)C1=CCC(c2ccccc2)NC1=O. The summed E-state index contributed by atoms with van der Waals surface area (Å²) in [5, 5.41) is 2.76. The number of hydrogen-bond acceptors (Lipinski definition) is 2. The van der Waals surface area contributed by atoms with Gasteiger partial charge in [0, 0.05) is 0 Å². The normalized spacial score (nSPS) is 19.9. The Bertz CT molecular complexity index is 451. The maximum atomic E-state index is 11.5. The van der Waals surface area contributed by atoms with Gasteiger partial charge in [-0.15, -0.1) is 0 Å². The third-order valence-corrected chi connectivity index (χ3v) is 2.58. The van der Waals surface area contributed by atoms with Crippen molar-refractivity contribution in [3.8, 4) is 0 Å². The number of rotatable bonds is 2. The van der Waals surface area contributed by atoms with Crippen LogP contribution >= 0.6 is 0 Å². The van der Waals surface area contributed by atoms with Crippen molar-refractivity contribution in [3.63, 3.8) is 0 Å². The fourth-order valence-corrected chi connectivity index (χ4v) is 1.74. The second-order valence-electron chi connectivity index (χ2n) is 3.65. The summed E-state index contributed by atoms with van der Waals surface area (Å²) in [7, 11) is 0. The molecule has 0 radical (unpaired) electrons. The van der Waals surface area contributed by atoms with Gasteiger partial charge in [-0.05, 0) is 12.0 Å². The lowest BCUT2D eigenvalue weighted by Gasteiger charge is -2.22. The predicted octanol–water partition coefficient (Wildman–Crippen LogP) is 0.659. The first kappa shape index (κ1) is 10.4. The van der Waals surface area contributed by atoms with E-state index >= 15 is 0 Å². The molecule has 0 saturated carbocycles. The first-order valence-electron chi connectivity index (χ1n) is 5.04. The molecule has 1 aliphatic heterocycles. The van der Waals surface area contributed by atoms with Gasteiger partial charge in [0.05, 0.1) is 11.6 Å². The largest absolute Gasteiger partial charge is 0.365 e. The minimum atomic E-state index is -0.677. The zero-order valence-corrected chi connectivity index (χ0v) is 8.64. The van der Waals surface area contributed by atoms with Crippen LogP contribution in [-0.2, 0) is 9.59 Å². The fraction of sp³-hybridized carbons (Fsp3) is 0.167. The Labute approximate surface area is 93.1 Å². The van der Waals surface area contributed by atoms with E-state index in [1.54, 1.807) is 6.08 Å².